The first kappa shape index (κ1) is 16.2. The second-order valence-corrected chi connectivity index (χ2v) is 5.28. The third kappa shape index (κ3) is 3.51. The summed E-state index contributed by atoms with van der Waals surface area (Å²) >= 11 is 3.35. The lowest BCUT2D eigenvalue weighted by atomic mass is 10.1. The van der Waals surface area contributed by atoms with Gasteiger partial charge >= 0.3 is 0 Å². The maximum Gasteiger partial charge on any atom is 0.259 e. The van der Waals surface area contributed by atoms with Crippen LogP contribution in [0.3, 0.4) is 0 Å². The lowest BCUT2D eigenvalue weighted by Gasteiger charge is -2.13. The summed E-state index contributed by atoms with van der Waals surface area (Å²) in [6.07, 6.45) is 0. The molecule has 2 aromatic rings. The van der Waals surface area contributed by atoms with Gasteiger partial charge in [0.15, 0.2) is 0 Å². The lowest BCUT2D eigenvalue weighted by Crippen LogP contribution is -2.14. The standard InChI is InChI=1S/C16H16BrNO4/c1-20-11-5-6-13(15(9-11)22-3)18-16(19)12-8-10(17)4-7-14(12)21-2/h4-9H,1-3H3,(H,18,19). The molecule has 5 nitrogen and oxygen atoms in total. The Kier molecular flexibility index (Phi) is 5.27. The van der Waals surface area contributed by atoms with Gasteiger partial charge in [0.2, 0.25) is 0 Å². The molecular weight excluding hydrogens is 350 g/mol. The number of anilines is 1. The number of methoxy groups -OCH3 is 3. The highest BCUT2D eigenvalue weighted by Gasteiger charge is 2.15. The number of nitrogens with one attached hydrogen (secondary N) is 1. The molecular formula is C16H16BrNO4. The first-order valence-corrected chi connectivity index (χ1v) is 7.25. The zero-order valence-electron chi connectivity index (χ0n) is 12.5. The molecule has 2 aromatic carbocycles. The zero-order chi connectivity index (χ0) is 16.1. The van der Waals surface area contributed by atoms with Gasteiger partial charge in [-0.2, -0.15) is 0 Å². The SMILES string of the molecule is COc1ccc(NC(=O)c2cc(Br)ccc2OC)c(OC)c1. The van der Waals surface area contributed by atoms with E-state index in [0.717, 1.165) is 4.47 Å². The topological polar surface area (TPSA) is 56.8 Å². The summed E-state index contributed by atoms with van der Waals surface area (Å²) in [7, 11) is 4.62. The number of ether oxygens (including phenoxy) is 3. The minimum Gasteiger partial charge on any atom is -0.497 e. The lowest BCUT2D eigenvalue weighted by molar-refractivity contribution is 0.102. The molecule has 0 bridgehead atoms. The van der Waals surface area contributed by atoms with E-state index >= 15 is 0 Å². The Bertz CT molecular complexity index is 688. The number of hydrogen-bond donors (Lipinski definition) is 1. The van der Waals surface area contributed by atoms with E-state index in [1.807, 2.05) is 6.07 Å². The molecule has 0 saturated heterocycles. The molecule has 2 rings (SSSR count). The Hall–Kier alpha value is -2.21. The van der Waals surface area contributed by atoms with Crippen LogP contribution in [-0.4, -0.2) is 27.2 Å². The van der Waals surface area contributed by atoms with E-state index in [1.54, 1.807) is 37.4 Å². The normalized spacial score (nSPS) is 10.0. The van der Waals surface area contributed by atoms with Gasteiger partial charge in [-0.15, -0.1) is 0 Å². The van der Waals surface area contributed by atoms with Gasteiger partial charge in [0.1, 0.15) is 17.2 Å². The van der Waals surface area contributed by atoms with Gasteiger partial charge < -0.3 is 19.5 Å². The molecule has 0 unspecified atom stereocenters. The van der Waals surface area contributed by atoms with Gasteiger partial charge in [-0.05, 0) is 30.3 Å². The van der Waals surface area contributed by atoms with E-state index in [-0.39, 0.29) is 5.91 Å². The third-order valence-corrected chi connectivity index (χ3v) is 3.56. The first-order chi connectivity index (χ1) is 10.6. The Balaban J connectivity index is 2.31. The van der Waals surface area contributed by atoms with Crippen molar-refractivity contribution in [3.8, 4) is 17.2 Å². The number of hydrogen-bond acceptors (Lipinski definition) is 4. The van der Waals surface area contributed by atoms with Crippen LogP contribution in [0.5, 0.6) is 17.2 Å². The predicted octanol–water partition coefficient (Wildman–Crippen LogP) is 3.73. The highest BCUT2D eigenvalue weighted by Crippen LogP contribution is 2.30. The minimum absolute atomic E-state index is 0.290. The van der Waals surface area contributed by atoms with Crippen LogP contribution in [0.1, 0.15) is 10.4 Å². The molecule has 0 aliphatic carbocycles. The van der Waals surface area contributed by atoms with Crippen molar-refractivity contribution in [1.29, 1.82) is 0 Å². The van der Waals surface area contributed by atoms with Crippen molar-refractivity contribution in [2.75, 3.05) is 26.6 Å². The number of benzene rings is 2. The molecule has 0 aromatic heterocycles. The molecule has 0 heterocycles. The molecule has 0 aliphatic rings. The van der Waals surface area contributed by atoms with Crippen molar-refractivity contribution in [3.05, 3.63) is 46.4 Å². The smallest absolute Gasteiger partial charge is 0.259 e. The summed E-state index contributed by atoms with van der Waals surface area (Å²) in [4.78, 5) is 12.5. The molecule has 0 aliphatic heterocycles. The van der Waals surface area contributed by atoms with Crippen LogP contribution in [0.25, 0.3) is 0 Å². The van der Waals surface area contributed by atoms with Crippen molar-refractivity contribution in [3.63, 3.8) is 0 Å². The summed E-state index contributed by atoms with van der Waals surface area (Å²) in [5.74, 6) is 1.37. The van der Waals surface area contributed by atoms with Gasteiger partial charge in [0.25, 0.3) is 5.91 Å². The number of amides is 1. The molecule has 0 atom stereocenters. The average molecular weight is 366 g/mol. The monoisotopic (exact) mass is 365 g/mol. The molecule has 0 radical (unpaired) electrons. The van der Waals surface area contributed by atoms with Crippen LogP contribution in [-0.2, 0) is 0 Å². The van der Waals surface area contributed by atoms with Crippen LogP contribution in [0.4, 0.5) is 5.69 Å². The number of carbonyl (C=O) groups excluding carboxylic acids is 1. The molecule has 0 saturated carbocycles. The Morgan fingerprint density at radius 1 is 0.955 bits per heavy atom. The van der Waals surface area contributed by atoms with E-state index in [1.165, 1.54) is 14.2 Å². The van der Waals surface area contributed by atoms with Crippen LogP contribution in [0.2, 0.25) is 0 Å². The van der Waals surface area contributed by atoms with Gasteiger partial charge in [-0.3, -0.25) is 4.79 Å². The van der Waals surface area contributed by atoms with Crippen molar-refractivity contribution in [2.45, 2.75) is 0 Å². The quantitative estimate of drug-likeness (QED) is 0.876. The molecule has 1 N–H and O–H groups in total. The van der Waals surface area contributed by atoms with E-state index in [4.69, 9.17) is 14.2 Å². The summed E-state index contributed by atoms with van der Waals surface area (Å²) in [5.41, 5.74) is 0.977. The van der Waals surface area contributed by atoms with E-state index < -0.39 is 0 Å². The molecule has 6 heteroatoms. The van der Waals surface area contributed by atoms with Crippen LogP contribution >= 0.6 is 15.9 Å². The van der Waals surface area contributed by atoms with Gasteiger partial charge in [-0.1, -0.05) is 15.9 Å². The number of halogens is 1. The van der Waals surface area contributed by atoms with Gasteiger partial charge in [0.05, 0.1) is 32.6 Å². The molecule has 1 amide bonds. The Labute approximate surface area is 137 Å². The molecule has 0 spiro atoms. The third-order valence-electron chi connectivity index (χ3n) is 3.06. The van der Waals surface area contributed by atoms with Crippen molar-refractivity contribution < 1.29 is 19.0 Å². The maximum absolute atomic E-state index is 12.5. The number of rotatable bonds is 5. The van der Waals surface area contributed by atoms with E-state index in [0.29, 0.717) is 28.5 Å². The van der Waals surface area contributed by atoms with Crippen molar-refractivity contribution >= 4 is 27.5 Å². The van der Waals surface area contributed by atoms with Crippen LogP contribution in [0.15, 0.2) is 40.9 Å². The largest absolute Gasteiger partial charge is 0.497 e. The minimum atomic E-state index is -0.290. The summed E-state index contributed by atoms with van der Waals surface area (Å²) in [6.45, 7) is 0. The second-order valence-electron chi connectivity index (χ2n) is 4.36. The molecule has 0 fully saturated rings. The van der Waals surface area contributed by atoms with E-state index in [9.17, 15) is 4.79 Å². The van der Waals surface area contributed by atoms with E-state index in [2.05, 4.69) is 21.2 Å². The average Bonchev–Trinajstić information content (AvgIpc) is 2.55. The predicted molar refractivity (Wildman–Crippen MR) is 88.2 cm³/mol. The van der Waals surface area contributed by atoms with Crippen LogP contribution < -0.4 is 19.5 Å². The van der Waals surface area contributed by atoms with Crippen molar-refractivity contribution in [2.24, 2.45) is 0 Å². The fourth-order valence-corrected chi connectivity index (χ4v) is 2.31. The molecule has 116 valence electrons. The second kappa shape index (κ2) is 7.17. The summed E-state index contributed by atoms with van der Waals surface area (Å²) in [6, 6.07) is 10.4. The number of carbonyl (C=O) groups is 1. The maximum atomic E-state index is 12.5. The van der Waals surface area contributed by atoms with Gasteiger partial charge in [0, 0.05) is 10.5 Å². The Morgan fingerprint density at radius 2 is 1.68 bits per heavy atom. The highest BCUT2D eigenvalue weighted by atomic mass is 79.9. The molecule has 22 heavy (non-hydrogen) atoms. The Morgan fingerprint density at radius 3 is 2.32 bits per heavy atom. The fourth-order valence-electron chi connectivity index (χ4n) is 1.95. The highest BCUT2D eigenvalue weighted by molar-refractivity contribution is 9.10. The fraction of sp³-hybridized carbons (Fsp3) is 0.188. The first-order valence-electron chi connectivity index (χ1n) is 6.46. The summed E-state index contributed by atoms with van der Waals surface area (Å²) in [5, 5.41) is 2.81. The van der Waals surface area contributed by atoms with Crippen LogP contribution in [0, 0.1) is 0 Å². The summed E-state index contributed by atoms with van der Waals surface area (Å²) < 4.78 is 16.4. The zero-order valence-corrected chi connectivity index (χ0v) is 14.1. The van der Waals surface area contributed by atoms with Crippen molar-refractivity contribution in [1.82, 2.24) is 0 Å². The van der Waals surface area contributed by atoms with Gasteiger partial charge in [-0.25, -0.2) is 0 Å².